The van der Waals surface area contributed by atoms with Gasteiger partial charge in [0.15, 0.2) is 0 Å². The molecule has 0 spiro atoms. The van der Waals surface area contributed by atoms with Crippen LogP contribution < -0.4 is 5.32 Å². The lowest BCUT2D eigenvalue weighted by Crippen LogP contribution is -2.18. The van der Waals surface area contributed by atoms with Crippen molar-refractivity contribution in [2.24, 2.45) is 0 Å². The fourth-order valence-corrected chi connectivity index (χ4v) is 2.76. The second kappa shape index (κ2) is 3.88. The van der Waals surface area contributed by atoms with Gasteiger partial charge in [-0.1, -0.05) is 12.1 Å². The molecule has 0 saturated carbocycles. The van der Waals surface area contributed by atoms with Crippen LogP contribution >= 0.6 is 34.4 Å². The smallest absolute Gasteiger partial charge is 0.231 e. The zero-order valence-electron chi connectivity index (χ0n) is 6.79. The second-order valence-electron chi connectivity index (χ2n) is 2.81. The third kappa shape index (κ3) is 2.17. The summed E-state index contributed by atoms with van der Waals surface area (Å²) in [5.41, 5.74) is 1.18. The molecule has 1 atom stereocenters. The van der Waals surface area contributed by atoms with E-state index >= 15 is 0 Å². The minimum atomic E-state index is 0.133. The Labute approximate surface area is 94.6 Å². The molecule has 0 radical (unpaired) electrons. The molecule has 1 heterocycles. The lowest BCUT2D eigenvalue weighted by Gasteiger charge is -2.09. The van der Waals surface area contributed by atoms with E-state index < -0.39 is 0 Å². The zero-order valence-corrected chi connectivity index (χ0v) is 9.76. The molecule has 1 unspecified atom stereocenters. The minimum Gasteiger partial charge on any atom is -0.339 e. The lowest BCUT2D eigenvalue weighted by molar-refractivity contribution is -0.118. The van der Waals surface area contributed by atoms with Crippen molar-refractivity contribution in [1.82, 2.24) is 5.32 Å². The summed E-state index contributed by atoms with van der Waals surface area (Å²) in [6, 6.07) is 8.21. The molecule has 1 amide bonds. The van der Waals surface area contributed by atoms with E-state index in [1.54, 1.807) is 11.8 Å². The van der Waals surface area contributed by atoms with E-state index in [1.807, 2.05) is 18.2 Å². The topological polar surface area (TPSA) is 29.1 Å². The summed E-state index contributed by atoms with van der Waals surface area (Å²) in [4.78, 5) is 11.0. The van der Waals surface area contributed by atoms with Gasteiger partial charge in [-0.3, -0.25) is 4.79 Å². The van der Waals surface area contributed by atoms with Crippen molar-refractivity contribution < 1.29 is 4.79 Å². The molecule has 1 fully saturated rings. The van der Waals surface area contributed by atoms with Gasteiger partial charge < -0.3 is 5.32 Å². The van der Waals surface area contributed by atoms with Gasteiger partial charge in [-0.25, -0.2) is 0 Å². The van der Waals surface area contributed by atoms with Crippen LogP contribution in [0.3, 0.4) is 0 Å². The Morgan fingerprint density at radius 1 is 1.54 bits per heavy atom. The number of amides is 1. The van der Waals surface area contributed by atoms with Crippen molar-refractivity contribution in [3.8, 4) is 0 Å². The Hall–Kier alpha value is -0.230. The molecular weight excluding hydrogens is 297 g/mol. The van der Waals surface area contributed by atoms with Crippen LogP contribution in [0, 0.1) is 3.57 Å². The summed E-state index contributed by atoms with van der Waals surface area (Å²) >= 11 is 3.92. The van der Waals surface area contributed by atoms with Gasteiger partial charge in [-0.15, -0.1) is 11.8 Å². The SMILES string of the molecule is O=C1CSC(c2cccc(I)c2)N1. The van der Waals surface area contributed by atoms with E-state index in [-0.39, 0.29) is 11.3 Å². The van der Waals surface area contributed by atoms with E-state index in [1.165, 1.54) is 9.13 Å². The summed E-state index contributed by atoms with van der Waals surface area (Å²) < 4.78 is 1.21. The van der Waals surface area contributed by atoms with Crippen LogP contribution in [0.5, 0.6) is 0 Å². The highest BCUT2D eigenvalue weighted by molar-refractivity contribution is 14.1. The average molecular weight is 305 g/mol. The molecule has 0 aliphatic carbocycles. The minimum absolute atomic E-state index is 0.133. The van der Waals surface area contributed by atoms with Gasteiger partial charge in [0.25, 0.3) is 0 Å². The molecule has 1 aliphatic heterocycles. The van der Waals surface area contributed by atoms with Crippen molar-refractivity contribution >= 4 is 40.3 Å². The van der Waals surface area contributed by atoms with E-state index in [0.717, 1.165) is 0 Å². The summed E-state index contributed by atoms with van der Waals surface area (Å²) in [5, 5.41) is 3.07. The number of thioether (sulfide) groups is 1. The fraction of sp³-hybridized carbons (Fsp3) is 0.222. The Kier molecular flexibility index (Phi) is 2.78. The van der Waals surface area contributed by atoms with Crippen LogP contribution in [0.15, 0.2) is 24.3 Å². The van der Waals surface area contributed by atoms with Crippen LogP contribution in [-0.4, -0.2) is 11.7 Å². The van der Waals surface area contributed by atoms with E-state index in [9.17, 15) is 4.79 Å². The quantitative estimate of drug-likeness (QED) is 0.806. The number of carbonyl (C=O) groups is 1. The Bertz CT molecular complexity index is 342. The molecule has 1 aromatic rings. The van der Waals surface area contributed by atoms with Gasteiger partial charge in [-0.2, -0.15) is 0 Å². The molecule has 68 valence electrons. The largest absolute Gasteiger partial charge is 0.339 e. The third-order valence-corrected chi connectivity index (χ3v) is 3.65. The number of nitrogens with one attached hydrogen (secondary N) is 1. The summed E-state index contributed by atoms with van der Waals surface area (Å²) in [7, 11) is 0. The first-order chi connectivity index (χ1) is 6.25. The second-order valence-corrected chi connectivity index (χ2v) is 5.15. The number of halogens is 1. The van der Waals surface area contributed by atoms with Crippen molar-refractivity contribution in [3.05, 3.63) is 33.4 Å². The maximum absolute atomic E-state index is 11.0. The number of hydrogen-bond acceptors (Lipinski definition) is 2. The highest BCUT2D eigenvalue weighted by atomic mass is 127. The van der Waals surface area contributed by atoms with Gasteiger partial charge in [0.2, 0.25) is 5.91 Å². The number of benzene rings is 1. The first-order valence-electron chi connectivity index (χ1n) is 3.92. The van der Waals surface area contributed by atoms with E-state index in [4.69, 9.17) is 0 Å². The fourth-order valence-electron chi connectivity index (χ4n) is 1.24. The molecule has 2 rings (SSSR count). The molecule has 1 aromatic carbocycles. The lowest BCUT2D eigenvalue weighted by atomic mass is 10.2. The molecule has 1 aliphatic rings. The standard InChI is InChI=1S/C9H8INOS/c10-7-3-1-2-6(4-7)9-11-8(12)5-13-9/h1-4,9H,5H2,(H,11,12). The van der Waals surface area contributed by atoms with Gasteiger partial charge in [-0.05, 0) is 40.3 Å². The van der Waals surface area contributed by atoms with E-state index in [2.05, 4.69) is 34.0 Å². The first kappa shape index (κ1) is 9.33. The summed E-state index contributed by atoms with van der Waals surface area (Å²) in [6.45, 7) is 0. The molecule has 2 nitrogen and oxygen atoms in total. The van der Waals surface area contributed by atoms with Crippen LogP contribution in [0.25, 0.3) is 0 Å². The Balaban J connectivity index is 2.21. The molecule has 4 heteroatoms. The number of carbonyl (C=O) groups excluding carboxylic acids is 1. The van der Waals surface area contributed by atoms with Crippen molar-refractivity contribution in [2.75, 3.05) is 5.75 Å². The van der Waals surface area contributed by atoms with Gasteiger partial charge in [0.1, 0.15) is 5.37 Å². The maximum Gasteiger partial charge on any atom is 0.231 e. The van der Waals surface area contributed by atoms with Crippen molar-refractivity contribution in [1.29, 1.82) is 0 Å². The van der Waals surface area contributed by atoms with Crippen molar-refractivity contribution in [2.45, 2.75) is 5.37 Å². The van der Waals surface area contributed by atoms with Crippen molar-refractivity contribution in [3.63, 3.8) is 0 Å². The monoisotopic (exact) mass is 305 g/mol. The first-order valence-corrected chi connectivity index (χ1v) is 6.05. The molecule has 0 aromatic heterocycles. The molecule has 1 saturated heterocycles. The predicted molar refractivity (Wildman–Crippen MR) is 62.5 cm³/mol. The molecule has 0 bridgehead atoms. The van der Waals surface area contributed by atoms with Crippen LogP contribution in [0.1, 0.15) is 10.9 Å². The van der Waals surface area contributed by atoms with Crippen LogP contribution in [0.4, 0.5) is 0 Å². The third-order valence-electron chi connectivity index (χ3n) is 1.82. The number of rotatable bonds is 1. The van der Waals surface area contributed by atoms with Gasteiger partial charge >= 0.3 is 0 Å². The van der Waals surface area contributed by atoms with Crippen LogP contribution in [-0.2, 0) is 4.79 Å². The van der Waals surface area contributed by atoms with Gasteiger partial charge in [0, 0.05) is 3.57 Å². The highest BCUT2D eigenvalue weighted by Gasteiger charge is 2.22. The predicted octanol–water partition coefficient (Wildman–Crippen LogP) is 2.15. The van der Waals surface area contributed by atoms with E-state index in [0.29, 0.717) is 5.75 Å². The van der Waals surface area contributed by atoms with Crippen LogP contribution in [0.2, 0.25) is 0 Å². The molecule has 1 N–H and O–H groups in total. The van der Waals surface area contributed by atoms with Gasteiger partial charge in [0.05, 0.1) is 5.75 Å². The average Bonchev–Trinajstić information content (AvgIpc) is 2.52. The molecule has 13 heavy (non-hydrogen) atoms. The highest BCUT2D eigenvalue weighted by Crippen LogP contribution is 2.30. The Morgan fingerprint density at radius 2 is 2.38 bits per heavy atom. The summed E-state index contributed by atoms with van der Waals surface area (Å²) in [6.07, 6.45) is 0. The zero-order chi connectivity index (χ0) is 9.26. The maximum atomic E-state index is 11.0. The Morgan fingerprint density at radius 3 is 3.00 bits per heavy atom. The molecular formula is C9H8INOS. The number of hydrogen-bond donors (Lipinski definition) is 1. The normalized spacial score (nSPS) is 21.6. The summed E-state index contributed by atoms with van der Waals surface area (Å²) in [5.74, 6) is 0.713.